The van der Waals surface area contributed by atoms with E-state index in [1.54, 1.807) is 0 Å². The topological polar surface area (TPSA) is 35.5 Å². The fourth-order valence-corrected chi connectivity index (χ4v) is 2.15. The zero-order valence-electron chi connectivity index (χ0n) is 11.2. The summed E-state index contributed by atoms with van der Waals surface area (Å²) in [6.45, 7) is 5.01. The SMILES string of the molecule is CCCCCC(=O)O[C@H](C)CC[C@@H]1CCCO1. The van der Waals surface area contributed by atoms with Gasteiger partial charge in [-0.05, 0) is 39.0 Å². The molecule has 0 saturated carbocycles. The van der Waals surface area contributed by atoms with Gasteiger partial charge < -0.3 is 9.47 Å². The number of unbranched alkanes of at least 4 members (excludes halogenated alkanes) is 2. The van der Waals surface area contributed by atoms with Crippen LogP contribution in [0.25, 0.3) is 0 Å². The molecule has 0 spiro atoms. The van der Waals surface area contributed by atoms with E-state index in [4.69, 9.17) is 9.47 Å². The van der Waals surface area contributed by atoms with Crippen molar-refractivity contribution in [3.63, 3.8) is 0 Å². The predicted molar refractivity (Wildman–Crippen MR) is 67.9 cm³/mol. The van der Waals surface area contributed by atoms with Crippen LogP contribution < -0.4 is 0 Å². The van der Waals surface area contributed by atoms with Crippen LogP contribution in [0.1, 0.15) is 65.2 Å². The van der Waals surface area contributed by atoms with Crippen molar-refractivity contribution in [1.82, 2.24) is 0 Å². The van der Waals surface area contributed by atoms with Gasteiger partial charge in [0.15, 0.2) is 0 Å². The smallest absolute Gasteiger partial charge is 0.306 e. The molecule has 1 saturated heterocycles. The summed E-state index contributed by atoms with van der Waals surface area (Å²) in [4.78, 5) is 11.5. The molecule has 1 aliphatic rings. The first-order valence-electron chi connectivity index (χ1n) is 7.03. The average molecular weight is 242 g/mol. The Balaban J connectivity index is 2.02. The number of carbonyl (C=O) groups excluding carboxylic acids is 1. The minimum Gasteiger partial charge on any atom is -0.463 e. The minimum atomic E-state index is -0.0432. The zero-order valence-corrected chi connectivity index (χ0v) is 11.2. The number of hydrogen-bond acceptors (Lipinski definition) is 3. The summed E-state index contributed by atoms with van der Waals surface area (Å²) < 4.78 is 10.9. The normalized spacial score (nSPS) is 21.4. The standard InChI is InChI=1S/C14H26O3/c1-3-4-5-8-14(15)17-12(2)9-10-13-7-6-11-16-13/h12-13H,3-11H2,1-2H3/t12-,13+/m1/s1. The van der Waals surface area contributed by atoms with Crippen molar-refractivity contribution in [2.45, 2.75) is 77.4 Å². The van der Waals surface area contributed by atoms with E-state index in [-0.39, 0.29) is 12.1 Å². The number of ether oxygens (including phenoxy) is 2. The van der Waals surface area contributed by atoms with Crippen LogP contribution in [0.5, 0.6) is 0 Å². The van der Waals surface area contributed by atoms with E-state index < -0.39 is 0 Å². The summed E-state index contributed by atoms with van der Waals surface area (Å²) in [5, 5.41) is 0. The molecule has 1 fully saturated rings. The van der Waals surface area contributed by atoms with Crippen LogP contribution in [0.15, 0.2) is 0 Å². The third-order valence-corrected chi connectivity index (χ3v) is 3.24. The summed E-state index contributed by atoms with van der Waals surface area (Å²) in [6.07, 6.45) is 8.48. The number of carbonyl (C=O) groups is 1. The maximum absolute atomic E-state index is 11.5. The van der Waals surface area contributed by atoms with Crippen molar-refractivity contribution in [3.8, 4) is 0 Å². The molecule has 0 unspecified atom stereocenters. The van der Waals surface area contributed by atoms with Crippen molar-refractivity contribution >= 4 is 5.97 Å². The molecule has 0 bridgehead atoms. The molecular formula is C14H26O3. The van der Waals surface area contributed by atoms with Gasteiger partial charge in [-0.3, -0.25) is 4.79 Å². The van der Waals surface area contributed by atoms with E-state index in [1.165, 1.54) is 6.42 Å². The average Bonchev–Trinajstić information content (AvgIpc) is 2.79. The van der Waals surface area contributed by atoms with E-state index in [1.807, 2.05) is 6.92 Å². The molecule has 17 heavy (non-hydrogen) atoms. The molecule has 0 N–H and O–H groups in total. The number of esters is 1. The highest BCUT2D eigenvalue weighted by Crippen LogP contribution is 2.18. The summed E-state index contributed by atoms with van der Waals surface area (Å²) in [5.74, 6) is -0.0432. The number of rotatable bonds is 8. The first kappa shape index (κ1) is 14.5. The van der Waals surface area contributed by atoms with Crippen LogP contribution in [0, 0.1) is 0 Å². The molecule has 3 heteroatoms. The highest BCUT2D eigenvalue weighted by Gasteiger charge is 2.17. The molecule has 1 aliphatic heterocycles. The van der Waals surface area contributed by atoms with E-state index in [0.717, 1.165) is 45.1 Å². The fourth-order valence-electron chi connectivity index (χ4n) is 2.15. The first-order chi connectivity index (χ1) is 8.22. The molecule has 100 valence electrons. The van der Waals surface area contributed by atoms with Crippen LogP contribution >= 0.6 is 0 Å². The Morgan fingerprint density at radius 1 is 1.47 bits per heavy atom. The summed E-state index contributed by atoms with van der Waals surface area (Å²) in [6, 6.07) is 0. The van der Waals surface area contributed by atoms with Gasteiger partial charge in [-0.1, -0.05) is 19.8 Å². The highest BCUT2D eigenvalue weighted by atomic mass is 16.5. The van der Waals surface area contributed by atoms with Crippen LogP contribution in [0.4, 0.5) is 0 Å². The first-order valence-corrected chi connectivity index (χ1v) is 7.03. The Morgan fingerprint density at radius 2 is 2.29 bits per heavy atom. The van der Waals surface area contributed by atoms with E-state index >= 15 is 0 Å². The van der Waals surface area contributed by atoms with Crippen molar-refractivity contribution in [2.24, 2.45) is 0 Å². The van der Waals surface area contributed by atoms with Gasteiger partial charge >= 0.3 is 5.97 Å². The monoisotopic (exact) mass is 242 g/mol. The molecule has 0 aliphatic carbocycles. The van der Waals surface area contributed by atoms with Crippen LogP contribution in [-0.4, -0.2) is 24.8 Å². The van der Waals surface area contributed by atoms with Crippen molar-refractivity contribution < 1.29 is 14.3 Å². The van der Waals surface area contributed by atoms with E-state index in [9.17, 15) is 4.79 Å². The molecule has 3 nitrogen and oxygen atoms in total. The van der Waals surface area contributed by atoms with Gasteiger partial charge in [-0.15, -0.1) is 0 Å². The minimum absolute atomic E-state index is 0.0355. The molecule has 0 radical (unpaired) electrons. The van der Waals surface area contributed by atoms with Gasteiger partial charge in [0.25, 0.3) is 0 Å². The Labute approximate surface area is 105 Å². The fraction of sp³-hybridized carbons (Fsp3) is 0.929. The molecule has 1 heterocycles. The summed E-state index contributed by atoms with van der Waals surface area (Å²) in [5.41, 5.74) is 0. The van der Waals surface area contributed by atoms with Crippen LogP contribution in [0.3, 0.4) is 0 Å². The van der Waals surface area contributed by atoms with Crippen LogP contribution in [-0.2, 0) is 14.3 Å². The van der Waals surface area contributed by atoms with Crippen LogP contribution in [0.2, 0.25) is 0 Å². The molecule has 1 rings (SSSR count). The predicted octanol–water partition coefficient (Wildman–Crippen LogP) is 3.46. The lowest BCUT2D eigenvalue weighted by Gasteiger charge is -2.15. The summed E-state index contributed by atoms with van der Waals surface area (Å²) >= 11 is 0. The lowest BCUT2D eigenvalue weighted by atomic mass is 10.1. The van der Waals surface area contributed by atoms with Gasteiger partial charge in [-0.2, -0.15) is 0 Å². The molecule has 0 amide bonds. The van der Waals surface area contributed by atoms with Gasteiger partial charge in [-0.25, -0.2) is 0 Å². The quantitative estimate of drug-likeness (QED) is 0.483. The second-order valence-corrected chi connectivity index (χ2v) is 4.97. The lowest BCUT2D eigenvalue weighted by Crippen LogP contribution is -2.17. The largest absolute Gasteiger partial charge is 0.463 e. The number of hydrogen-bond donors (Lipinski definition) is 0. The van der Waals surface area contributed by atoms with Gasteiger partial charge in [0, 0.05) is 13.0 Å². The van der Waals surface area contributed by atoms with Gasteiger partial charge in [0.2, 0.25) is 0 Å². The van der Waals surface area contributed by atoms with Crippen molar-refractivity contribution in [1.29, 1.82) is 0 Å². The van der Waals surface area contributed by atoms with E-state index in [2.05, 4.69) is 6.92 Å². The Bertz CT molecular complexity index is 210. The summed E-state index contributed by atoms with van der Waals surface area (Å²) in [7, 11) is 0. The lowest BCUT2D eigenvalue weighted by molar-refractivity contribution is -0.148. The maximum Gasteiger partial charge on any atom is 0.306 e. The van der Waals surface area contributed by atoms with Crippen molar-refractivity contribution in [2.75, 3.05) is 6.61 Å². The third-order valence-electron chi connectivity index (χ3n) is 3.24. The highest BCUT2D eigenvalue weighted by molar-refractivity contribution is 5.69. The van der Waals surface area contributed by atoms with Gasteiger partial charge in [0.05, 0.1) is 12.2 Å². The van der Waals surface area contributed by atoms with Gasteiger partial charge in [0.1, 0.15) is 0 Å². The Hall–Kier alpha value is -0.570. The molecule has 0 aromatic carbocycles. The second-order valence-electron chi connectivity index (χ2n) is 4.97. The molecule has 0 aromatic heterocycles. The maximum atomic E-state index is 11.5. The Kier molecular flexibility index (Phi) is 7.25. The molecule has 2 atom stereocenters. The molecular weight excluding hydrogens is 216 g/mol. The zero-order chi connectivity index (χ0) is 12.5. The second kappa shape index (κ2) is 8.51. The Morgan fingerprint density at radius 3 is 2.94 bits per heavy atom. The van der Waals surface area contributed by atoms with Crippen molar-refractivity contribution in [3.05, 3.63) is 0 Å². The molecule has 0 aromatic rings. The third kappa shape index (κ3) is 6.67. The van der Waals surface area contributed by atoms with E-state index in [0.29, 0.717) is 12.5 Å².